The molecule has 1 aromatic carbocycles. The molecule has 2 aromatic rings. The van der Waals surface area contributed by atoms with Crippen molar-refractivity contribution in [3.8, 4) is 0 Å². The second kappa shape index (κ2) is 8.70. The molecule has 0 spiro atoms. The molecule has 0 aliphatic heterocycles. The van der Waals surface area contributed by atoms with E-state index in [1.165, 1.54) is 5.56 Å². The summed E-state index contributed by atoms with van der Waals surface area (Å²) in [5.41, 5.74) is 10.4. The summed E-state index contributed by atoms with van der Waals surface area (Å²) in [6.07, 6.45) is 1.33. The zero-order valence-corrected chi connectivity index (χ0v) is 14.7. The number of halogens is 1. The van der Waals surface area contributed by atoms with E-state index in [1.54, 1.807) is 0 Å². The number of hydrogen-bond donors (Lipinski definition) is 2. The molecule has 0 fully saturated rings. The largest absolute Gasteiger partial charge is 0.354 e. The van der Waals surface area contributed by atoms with Crippen LogP contribution >= 0.6 is 12.4 Å². The van der Waals surface area contributed by atoms with Crippen LogP contribution in [0.4, 0.5) is 0 Å². The van der Waals surface area contributed by atoms with Gasteiger partial charge < -0.3 is 11.1 Å². The van der Waals surface area contributed by atoms with Crippen LogP contribution in [0.15, 0.2) is 30.3 Å². The maximum absolute atomic E-state index is 12.1. The fraction of sp³-hybridized carbons (Fsp3) is 0.412. The zero-order valence-electron chi connectivity index (χ0n) is 13.9. The number of carbonyl (C=O) groups is 1. The van der Waals surface area contributed by atoms with Crippen LogP contribution in [0.1, 0.15) is 22.5 Å². The van der Waals surface area contributed by atoms with Crippen LogP contribution in [0.5, 0.6) is 0 Å². The molecule has 2 rings (SSSR count). The molecular formula is C17H25ClN4O. The van der Waals surface area contributed by atoms with Gasteiger partial charge >= 0.3 is 0 Å². The number of hydrogen-bond acceptors (Lipinski definition) is 3. The van der Waals surface area contributed by atoms with Crippen LogP contribution in [0.25, 0.3) is 0 Å². The SMILES string of the molecule is Cc1nn(C)c(C)c1CCNC(=O)[C@@H](N)Cc1ccccc1.Cl. The number of carbonyl (C=O) groups excluding carboxylic acids is 1. The first-order valence-electron chi connectivity index (χ1n) is 7.55. The highest BCUT2D eigenvalue weighted by Gasteiger charge is 2.14. The van der Waals surface area contributed by atoms with Gasteiger partial charge in [-0.05, 0) is 37.8 Å². The molecule has 126 valence electrons. The quantitative estimate of drug-likeness (QED) is 0.843. The number of nitrogens with two attached hydrogens (primary N) is 1. The Bertz CT molecular complexity index is 640. The van der Waals surface area contributed by atoms with Crippen molar-refractivity contribution in [3.05, 3.63) is 52.8 Å². The van der Waals surface area contributed by atoms with E-state index < -0.39 is 6.04 Å². The van der Waals surface area contributed by atoms with E-state index in [2.05, 4.69) is 10.4 Å². The average Bonchev–Trinajstić information content (AvgIpc) is 2.74. The van der Waals surface area contributed by atoms with Crippen LogP contribution in [-0.2, 0) is 24.7 Å². The van der Waals surface area contributed by atoms with Crippen molar-refractivity contribution in [3.63, 3.8) is 0 Å². The highest BCUT2D eigenvalue weighted by molar-refractivity contribution is 5.85. The number of aromatic nitrogens is 2. The second-order valence-corrected chi connectivity index (χ2v) is 5.61. The molecule has 1 aromatic heterocycles. The van der Waals surface area contributed by atoms with E-state index in [0.29, 0.717) is 13.0 Å². The van der Waals surface area contributed by atoms with Gasteiger partial charge in [0.05, 0.1) is 11.7 Å². The Kier molecular flexibility index (Phi) is 7.26. The fourth-order valence-corrected chi connectivity index (χ4v) is 2.58. The molecule has 1 heterocycles. The van der Waals surface area contributed by atoms with Gasteiger partial charge in [0.2, 0.25) is 5.91 Å². The van der Waals surface area contributed by atoms with Crippen molar-refractivity contribution in [2.24, 2.45) is 12.8 Å². The summed E-state index contributed by atoms with van der Waals surface area (Å²) in [7, 11) is 1.93. The van der Waals surface area contributed by atoms with Gasteiger partial charge in [0.15, 0.2) is 0 Å². The summed E-state index contributed by atoms with van der Waals surface area (Å²) in [6, 6.07) is 9.30. The first-order valence-corrected chi connectivity index (χ1v) is 7.55. The van der Waals surface area contributed by atoms with Gasteiger partial charge in [-0.1, -0.05) is 30.3 Å². The first kappa shape index (κ1) is 19.2. The number of amides is 1. The molecule has 0 saturated heterocycles. The number of rotatable bonds is 6. The smallest absolute Gasteiger partial charge is 0.237 e. The molecule has 6 heteroatoms. The predicted molar refractivity (Wildman–Crippen MR) is 94.8 cm³/mol. The Hall–Kier alpha value is -1.85. The highest BCUT2D eigenvalue weighted by Crippen LogP contribution is 2.11. The summed E-state index contributed by atoms with van der Waals surface area (Å²) in [6.45, 7) is 4.61. The van der Waals surface area contributed by atoms with E-state index in [9.17, 15) is 4.79 Å². The minimum atomic E-state index is -0.515. The standard InChI is InChI=1S/C17H24N4O.ClH/c1-12-15(13(2)21(3)20-12)9-10-19-17(22)16(18)11-14-7-5-4-6-8-14;/h4-8,16H,9-11,18H2,1-3H3,(H,19,22);1H/t16-;/m0./s1. The highest BCUT2D eigenvalue weighted by atomic mass is 35.5. The molecule has 0 unspecified atom stereocenters. The first-order chi connectivity index (χ1) is 10.5. The van der Waals surface area contributed by atoms with Gasteiger partial charge in [0, 0.05) is 19.3 Å². The van der Waals surface area contributed by atoms with Gasteiger partial charge in [0.25, 0.3) is 0 Å². The third kappa shape index (κ3) is 5.08. The molecule has 0 bridgehead atoms. The van der Waals surface area contributed by atoms with Crippen molar-refractivity contribution < 1.29 is 4.79 Å². The van der Waals surface area contributed by atoms with Crippen LogP contribution in [0, 0.1) is 13.8 Å². The van der Waals surface area contributed by atoms with Crippen molar-refractivity contribution in [1.82, 2.24) is 15.1 Å². The van der Waals surface area contributed by atoms with Gasteiger partial charge in [-0.15, -0.1) is 12.4 Å². The lowest BCUT2D eigenvalue weighted by Crippen LogP contribution is -2.42. The Morgan fingerprint density at radius 3 is 2.52 bits per heavy atom. The number of nitrogens with zero attached hydrogens (tertiary/aromatic N) is 2. The number of aryl methyl sites for hydroxylation is 2. The Labute approximate surface area is 143 Å². The lowest BCUT2D eigenvalue weighted by atomic mass is 10.1. The van der Waals surface area contributed by atoms with Crippen LogP contribution in [0.3, 0.4) is 0 Å². The van der Waals surface area contributed by atoms with E-state index >= 15 is 0 Å². The lowest BCUT2D eigenvalue weighted by Gasteiger charge is -2.12. The van der Waals surface area contributed by atoms with E-state index in [-0.39, 0.29) is 18.3 Å². The summed E-state index contributed by atoms with van der Waals surface area (Å²) < 4.78 is 1.87. The Balaban J connectivity index is 0.00000264. The van der Waals surface area contributed by atoms with E-state index in [1.807, 2.05) is 55.9 Å². The summed E-state index contributed by atoms with van der Waals surface area (Å²) >= 11 is 0. The predicted octanol–water partition coefficient (Wildman–Crippen LogP) is 1.69. The summed E-state index contributed by atoms with van der Waals surface area (Å²) in [5.74, 6) is -0.108. The zero-order chi connectivity index (χ0) is 16.1. The van der Waals surface area contributed by atoms with Crippen molar-refractivity contribution in [2.75, 3.05) is 6.54 Å². The topological polar surface area (TPSA) is 72.9 Å². The molecule has 1 atom stereocenters. The molecule has 5 nitrogen and oxygen atoms in total. The van der Waals surface area contributed by atoms with Gasteiger partial charge in [-0.25, -0.2) is 0 Å². The molecule has 0 aliphatic carbocycles. The second-order valence-electron chi connectivity index (χ2n) is 5.61. The number of nitrogens with one attached hydrogen (secondary N) is 1. The molecule has 1 amide bonds. The van der Waals surface area contributed by atoms with Crippen LogP contribution in [0.2, 0.25) is 0 Å². The van der Waals surface area contributed by atoms with Crippen molar-refractivity contribution in [2.45, 2.75) is 32.7 Å². The van der Waals surface area contributed by atoms with Gasteiger partial charge in [-0.2, -0.15) is 5.10 Å². The monoisotopic (exact) mass is 336 g/mol. The van der Waals surface area contributed by atoms with Crippen LogP contribution < -0.4 is 11.1 Å². The molecule has 0 aliphatic rings. The normalized spacial score (nSPS) is 11.7. The third-order valence-corrected chi connectivity index (χ3v) is 3.97. The van der Waals surface area contributed by atoms with Crippen LogP contribution in [-0.4, -0.2) is 28.3 Å². The maximum Gasteiger partial charge on any atom is 0.237 e. The summed E-state index contributed by atoms with van der Waals surface area (Å²) in [5, 5.41) is 7.29. The third-order valence-electron chi connectivity index (χ3n) is 3.97. The maximum atomic E-state index is 12.1. The van der Waals surface area contributed by atoms with Gasteiger partial charge in [-0.3, -0.25) is 9.48 Å². The molecule has 3 N–H and O–H groups in total. The number of benzene rings is 1. The van der Waals surface area contributed by atoms with Crippen molar-refractivity contribution >= 4 is 18.3 Å². The molecule has 0 radical (unpaired) electrons. The van der Waals surface area contributed by atoms with E-state index in [0.717, 1.165) is 23.4 Å². The van der Waals surface area contributed by atoms with Gasteiger partial charge in [0.1, 0.15) is 0 Å². The Morgan fingerprint density at radius 1 is 1.30 bits per heavy atom. The molecule has 23 heavy (non-hydrogen) atoms. The summed E-state index contributed by atoms with van der Waals surface area (Å²) in [4.78, 5) is 12.1. The van der Waals surface area contributed by atoms with Crippen molar-refractivity contribution in [1.29, 1.82) is 0 Å². The minimum Gasteiger partial charge on any atom is -0.354 e. The van der Waals surface area contributed by atoms with E-state index in [4.69, 9.17) is 5.73 Å². The Morgan fingerprint density at radius 2 is 1.96 bits per heavy atom. The molecular weight excluding hydrogens is 312 g/mol. The molecule has 0 saturated carbocycles. The average molecular weight is 337 g/mol. The fourth-order valence-electron chi connectivity index (χ4n) is 2.58. The minimum absolute atomic E-state index is 0. The lowest BCUT2D eigenvalue weighted by molar-refractivity contribution is -0.122.